The maximum absolute atomic E-state index is 11.9. The maximum atomic E-state index is 11.9. The van der Waals surface area contributed by atoms with Crippen LogP contribution in [-0.2, 0) is 11.2 Å². The van der Waals surface area contributed by atoms with Gasteiger partial charge >= 0.3 is 0 Å². The third-order valence-corrected chi connectivity index (χ3v) is 2.91. The summed E-state index contributed by atoms with van der Waals surface area (Å²) in [6.45, 7) is 0.304. The number of ether oxygens (including phenoxy) is 2. The molecule has 0 bridgehead atoms. The predicted molar refractivity (Wildman–Crippen MR) is 62.7 cm³/mol. The average molecular weight is 248 g/mol. The summed E-state index contributed by atoms with van der Waals surface area (Å²) >= 11 is 0. The number of aliphatic hydroxyl groups is 1. The van der Waals surface area contributed by atoms with E-state index >= 15 is 0 Å². The molecule has 2 aliphatic rings. The number of rotatable bonds is 2. The Balaban J connectivity index is 1.97. The number of fused-ring (bicyclic) bond motifs is 2. The highest BCUT2D eigenvalue weighted by molar-refractivity contribution is 5.90. The number of carbonyl (C=O) groups excluding carboxylic acids is 1. The minimum atomic E-state index is -0.141. The molecule has 6 nitrogen and oxygen atoms in total. The molecule has 1 aromatic carbocycles. The minimum absolute atomic E-state index is 0.109. The van der Waals surface area contributed by atoms with E-state index in [1.165, 1.54) is 5.01 Å². The fraction of sp³-hybridized carbons (Fsp3) is 0.333. The average Bonchev–Trinajstić information content (AvgIpc) is 2.75. The topological polar surface area (TPSA) is 71.4 Å². The van der Waals surface area contributed by atoms with E-state index in [0.717, 1.165) is 11.1 Å². The molecule has 94 valence electrons. The highest BCUT2D eigenvalue weighted by Crippen LogP contribution is 2.35. The largest absolute Gasteiger partial charge is 0.454 e. The number of hydrogen-bond donors (Lipinski definition) is 1. The normalized spacial score (nSPS) is 16.7. The molecule has 0 saturated carbocycles. The summed E-state index contributed by atoms with van der Waals surface area (Å²) in [6.07, 6.45) is 1.85. The van der Waals surface area contributed by atoms with E-state index in [9.17, 15) is 4.79 Å². The van der Waals surface area contributed by atoms with E-state index in [4.69, 9.17) is 14.6 Å². The van der Waals surface area contributed by atoms with Gasteiger partial charge in [0.05, 0.1) is 25.8 Å². The lowest BCUT2D eigenvalue weighted by Crippen LogP contribution is -2.29. The molecule has 18 heavy (non-hydrogen) atoms. The number of amides is 1. The number of benzene rings is 1. The molecule has 0 fully saturated rings. The molecule has 2 heterocycles. The molecule has 0 aliphatic carbocycles. The van der Waals surface area contributed by atoms with Crippen LogP contribution in [0.15, 0.2) is 17.2 Å². The second kappa shape index (κ2) is 4.30. The van der Waals surface area contributed by atoms with Gasteiger partial charge in [0.2, 0.25) is 12.7 Å². The second-order valence-corrected chi connectivity index (χ2v) is 4.07. The van der Waals surface area contributed by atoms with Gasteiger partial charge < -0.3 is 14.6 Å². The number of hydrogen-bond acceptors (Lipinski definition) is 5. The van der Waals surface area contributed by atoms with Crippen molar-refractivity contribution in [2.75, 3.05) is 19.9 Å². The Morgan fingerprint density at radius 2 is 2.11 bits per heavy atom. The summed E-state index contributed by atoms with van der Waals surface area (Å²) in [5.74, 6) is 1.19. The number of carbonyl (C=O) groups is 1. The van der Waals surface area contributed by atoms with Gasteiger partial charge in [-0.15, -0.1) is 0 Å². The maximum Gasteiger partial charge on any atom is 0.247 e. The van der Waals surface area contributed by atoms with Gasteiger partial charge in [-0.1, -0.05) is 0 Å². The van der Waals surface area contributed by atoms with Gasteiger partial charge in [-0.2, -0.15) is 5.10 Å². The lowest BCUT2D eigenvalue weighted by molar-refractivity contribution is -0.130. The Bertz CT molecular complexity index is 527. The van der Waals surface area contributed by atoms with Crippen LogP contribution in [0, 0.1) is 0 Å². The molecule has 1 amide bonds. The van der Waals surface area contributed by atoms with Gasteiger partial charge in [0.15, 0.2) is 11.5 Å². The van der Waals surface area contributed by atoms with Crippen LogP contribution in [-0.4, -0.2) is 42.2 Å². The number of nitrogens with zero attached hydrogens (tertiary/aromatic N) is 2. The Morgan fingerprint density at radius 3 is 2.89 bits per heavy atom. The van der Waals surface area contributed by atoms with Gasteiger partial charge in [-0.05, 0) is 17.7 Å². The van der Waals surface area contributed by atoms with Gasteiger partial charge in [0.1, 0.15) is 0 Å². The zero-order valence-electron chi connectivity index (χ0n) is 9.63. The fourth-order valence-corrected chi connectivity index (χ4v) is 2.00. The standard InChI is InChI=1S/C12H12N2O4/c15-2-1-14-12(16)5-8-3-10-11(18-7-17-10)4-9(8)6-13-14/h3-4,6,15H,1-2,5,7H2. The smallest absolute Gasteiger partial charge is 0.247 e. The molecule has 1 aromatic rings. The van der Waals surface area contributed by atoms with Crippen molar-refractivity contribution in [2.45, 2.75) is 6.42 Å². The van der Waals surface area contributed by atoms with E-state index in [1.54, 1.807) is 6.21 Å². The summed E-state index contributed by atoms with van der Waals surface area (Å²) in [6, 6.07) is 3.63. The third kappa shape index (κ3) is 1.80. The molecular weight excluding hydrogens is 236 g/mol. The number of aliphatic hydroxyl groups excluding tert-OH is 1. The zero-order valence-corrected chi connectivity index (χ0v) is 9.63. The van der Waals surface area contributed by atoms with E-state index in [0.29, 0.717) is 11.5 Å². The summed E-state index contributed by atoms with van der Waals surface area (Å²) < 4.78 is 10.6. The first-order chi connectivity index (χ1) is 8.78. The highest BCUT2D eigenvalue weighted by Gasteiger charge is 2.22. The predicted octanol–water partition coefficient (Wildman–Crippen LogP) is 0.126. The molecule has 0 radical (unpaired) electrons. The molecule has 0 unspecified atom stereocenters. The molecule has 1 N–H and O–H groups in total. The minimum Gasteiger partial charge on any atom is -0.454 e. The summed E-state index contributed by atoms with van der Waals surface area (Å²) in [7, 11) is 0. The van der Waals surface area contributed by atoms with Crippen molar-refractivity contribution in [3.63, 3.8) is 0 Å². The molecule has 2 aliphatic heterocycles. The first-order valence-corrected chi connectivity index (χ1v) is 5.65. The van der Waals surface area contributed by atoms with E-state index in [2.05, 4.69) is 5.10 Å². The van der Waals surface area contributed by atoms with Crippen LogP contribution in [0.1, 0.15) is 11.1 Å². The second-order valence-electron chi connectivity index (χ2n) is 4.07. The Kier molecular flexibility index (Phi) is 2.64. The van der Waals surface area contributed by atoms with Crippen molar-refractivity contribution >= 4 is 12.1 Å². The van der Waals surface area contributed by atoms with Crippen LogP contribution in [0.25, 0.3) is 0 Å². The molecule has 0 saturated heterocycles. The molecular formula is C12H12N2O4. The molecule has 0 spiro atoms. The Morgan fingerprint density at radius 1 is 1.33 bits per heavy atom. The van der Waals surface area contributed by atoms with Crippen LogP contribution >= 0.6 is 0 Å². The lowest BCUT2D eigenvalue weighted by atomic mass is 10.0. The number of hydrazone groups is 1. The fourth-order valence-electron chi connectivity index (χ4n) is 2.00. The van der Waals surface area contributed by atoms with Gasteiger partial charge in [-0.3, -0.25) is 4.79 Å². The third-order valence-electron chi connectivity index (χ3n) is 2.91. The van der Waals surface area contributed by atoms with Gasteiger partial charge in [-0.25, -0.2) is 5.01 Å². The number of β-amino-alcohol motifs (C(OH)–C–C–N with tert-alkyl or cyclic N) is 1. The molecule has 0 aromatic heterocycles. The zero-order chi connectivity index (χ0) is 12.5. The van der Waals surface area contributed by atoms with E-state index in [1.807, 2.05) is 12.1 Å². The van der Waals surface area contributed by atoms with Crippen molar-refractivity contribution < 1.29 is 19.4 Å². The van der Waals surface area contributed by atoms with Crippen LogP contribution < -0.4 is 9.47 Å². The van der Waals surface area contributed by atoms with Crippen molar-refractivity contribution in [3.05, 3.63) is 23.3 Å². The van der Waals surface area contributed by atoms with Gasteiger partial charge in [0.25, 0.3) is 0 Å². The quantitative estimate of drug-likeness (QED) is 0.807. The summed E-state index contributed by atoms with van der Waals surface area (Å²) in [5.41, 5.74) is 1.70. The Hall–Kier alpha value is -2.08. The van der Waals surface area contributed by atoms with Crippen LogP contribution in [0.4, 0.5) is 0 Å². The molecule has 0 atom stereocenters. The monoisotopic (exact) mass is 248 g/mol. The van der Waals surface area contributed by atoms with Crippen molar-refractivity contribution in [1.82, 2.24) is 5.01 Å². The van der Waals surface area contributed by atoms with E-state index in [-0.39, 0.29) is 32.3 Å². The van der Waals surface area contributed by atoms with Crippen LogP contribution in [0.5, 0.6) is 11.5 Å². The summed E-state index contributed by atoms with van der Waals surface area (Å²) in [4.78, 5) is 11.9. The van der Waals surface area contributed by atoms with E-state index < -0.39 is 0 Å². The SMILES string of the molecule is O=C1Cc2cc3c(cc2C=NN1CCO)OCO3. The van der Waals surface area contributed by atoms with Crippen molar-refractivity contribution in [3.8, 4) is 11.5 Å². The first kappa shape index (κ1) is 11.0. The highest BCUT2D eigenvalue weighted by atomic mass is 16.7. The first-order valence-electron chi connectivity index (χ1n) is 5.65. The molecule has 3 rings (SSSR count). The van der Waals surface area contributed by atoms with Crippen LogP contribution in [0.2, 0.25) is 0 Å². The summed E-state index contributed by atoms with van der Waals surface area (Å²) in [5, 5.41) is 14.2. The molecule has 6 heteroatoms. The Labute approximate surface area is 103 Å². The van der Waals surface area contributed by atoms with Gasteiger partial charge in [0, 0.05) is 5.56 Å². The lowest BCUT2D eigenvalue weighted by Gasteiger charge is -2.13. The van der Waals surface area contributed by atoms with Crippen molar-refractivity contribution in [2.24, 2.45) is 5.10 Å². The van der Waals surface area contributed by atoms with Crippen LogP contribution in [0.3, 0.4) is 0 Å². The van der Waals surface area contributed by atoms with Crippen molar-refractivity contribution in [1.29, 1.82) is 0 Å².